The van der Waals surface area contributed by atoms with Gasteiger partial charge in [-0.3, -0.25) is 9.59 Å². The van der Waals surface area contributed by atoms with E-state index in [4.69, 9.17) is 0 Å². The molecule has 4 nitrogen and oxygen atoms in total. The van der Waals surface area contributed by atoms with Crippen LogP contribution >= 0.6 is 0 Å². The second-order valence-corrected chi connectivity index (χ2v) is 4.89. The van der Waals surface area contributed by atoms with Gasteiger partial charge in [-0.15, -0.1) is 0 Å². The summed E-state index contributed by atoms with van der Waals surface area (Å²) in [5, 5.41) is 2.79. The maximum absolute atomic E-state index is 12.2. The van der Waals surface area contributed by atoms with Gasteiger partial charge in [-0.2, -0.15) is 0 Å². The van der Waals surface area contributed by atoms with Gasteiger partial charge in [0.1, 0.15) is 6.04 Å². The van der Waals surface area contributed by atoms with Crippen molar-refractivity contribution in [1.82, 2.24) is 10.2 Å². The molecule has 0 aromatic carbocycles. The predicted octanol–water partition coefficient (Wildman–Crippen LogP) is 0.912. The summed E-state index contributed by atoms with van der Waals surface area (Å²) in [7, 11) is 0. The fourth-order valence-electron chi connectivity index (χ4n) is 2.37. The monoisotopic (exact) mass is 224 g/mol. The molecule has 0 radical (unpaired) electrons. The first-order chi connectivity index (χ1) is 7.63. The van der Waals surface area contributed by atoms with E-state index < -0.39 is 0 Å². The van der Waals surface area contributed by atoms with E-state index >= 15 is 0 Å². The summed E-state index contributed by atoms with van der Waals surface area (Å²) in [6.45, 7) is 4.63. The molecule has 4 heteroatoms. The van der Waals surface area contributed by atoms with Crippen LogP contribution in [0.2, 0.25) is 0 Å². The summed E-state index contributed by atoms with van der Waals surface area (Å²) in [5.41, 5.74) is 0. The maximum Gasteiger partial charge on any atom is 0.245 e. The van der Waals surface area contributed by atoms with E-state index in [-0.39, 0.29) is 17.9 Å². The average Bonchev–Trinajstić information content (AvgIpc) is 3.08. The fourth-order valence-corrected chi connectivity index (χ4v) is 2.37. The molecule has 2 atom stereocenters. The van der Waals surface area contributed by atoms with Gasteiger partial charge in [0.25, 0.3) is 0 Å². The molecule has 1 heterocycles. The molecule has 2 amide bonds. The number of carbonyl (C=O) groups is 2. The Morgan fingerprint density at radius 3 is 2.69 bits per heavy atom. The number of carbonyl (C=O) groups excluding carboxylic acids is 2. The number of amides is 2. The van der Waals surface area contributed by atoms with Gasteiger partial charge in [0.15, 0.2) is 0 Å². The highest BCUT2D eigenvalue weighted by molar-refractivity contribution is 5.90. The minimum atomic E-state index is -0.309. The van der Waals surface area contributed by atoms with Crippen LogP contribution in [-0.2, 0) is 9.59 Å². The van der Waals surface area contributed by atoms with Crippen molar-refractivity contribution in [2.45, 2.75) is 51.6 Å². The zero-order valence-corrected chi connectivity index (χ0v) is 10.0. The lowest BCUT2D eigenvalue weighted by molar-refractivity contribution is -0.135. The lowest BCUT2D eigenvalue weighted by Crippen LogP contribution is -2.48. The van der Waals surface area contributed by atoms with Crippen molar-refractivity contribution in [1.29, 1.82) is 0 Å². The van der Waals surface area contributed by atoms with Gasteiger partial charge in [0.2, 0.25) is 11.8 Å². The SMILES string of the molecule is CCC1NC(=O)CCN(C(C)C2CC2)C1=O. The Morgan fingerprint density at radius 1 is 1.44 bits per heavy atom. The van der Waals surface area contributed by atoms with Gasteiger partial charge in [-0.25, -0.2) is 0 Å². The molecular weight excluding hydrogens is 204 g/mol. The minimum Gasteiger partial charge on any atom is -0.344 e. The van der Waals surface area contributed by atoms with Crippen LogP contribution in [-0.4, -0.2) is 35.3 Å². The molecule has 0 aromatic heterocycles. The molecule has 1 saturated carbocycles. The second-order valence-electron chi connectivity index (χ2n) is 4.89. The first-order valence-corrected chi connectivity index (χ1v) is 6.23. The molecule has 90 valence electrons. The van der Waals surface area contributed by atoms with Gasteiger partial charge >= 0.3 is 0 Å². The third-order valence-corrected chi connectivity index (χ3v) is 3.70. The van der Waals surface area contributed by atoms with E-state index in [0.717, 1.165) is 0 Å². The standard InChI is InChI=1S/C12H20N2O2/c1-3-10-12(16)14(7-6-11(15)13-10)8(2)9-4-5-9/h8-10H,3-7H2,1-2H3,(H,13,15). The van der Waals surface area contributed by atoms with Crippen LogP contribution in [0.25, 0.3) is 0 Å². The molecule has 2 aliphatic rings. The third kappa shape index (κ3) is 2.20. The Balaban J connectivity index is 2.10. The highest BCUT2D eigenvalue weighted by Gasteiger charge is 2.37. The fraction of sp³-hybridized carbons (Fsp3) is 0.833. The zero-order valence-electron chi connectivity index (χ0n) is 10.0. The van der Waals surface area contributed by atoms with E-state index in [2.05, 4.69) is 12.2 Å². The lowest BCUT2D eigenvalue weighted by atomic mass is 10.1. The van der Waals surface area contributed by atoms with E-state index in [1.54, 1.807) is 0 Å². The highest BCUT2D eigenvalue weighted by Crippen LogP contribution is 2.35. The van der Waals surface area contributed by atoms with Crippen molar-refractivity contribution in [3.05, 3.63) is 0 Å². The van der Waals surface area contributed by atoms with Crippen LogP contribution in [0, 0.1) is 5.92 Å². The van der Waals surface area contributed by atoms with E-state index in [9.17, 15) is 9.59 Å². The van der Waals surface area contributed by atoms with Crippen molar-refractivity contribution >= 4 is 11.8 Å². The van der Waals surface area contributed by atoms with Gasteiger partial charge in [-0.1, -0.05) is 6.92 Å². The summed E-state index contributed by atoms with van der Waals surface area (Å²) < 4.78 is 0. The van der Waals surface area contributed by atoms with E-state index in [1.165, 1.54) is 12.8 Å². The molecule has 0 bridgehead atoms. The molecule has 2 rings (SSSR count). The van der Waals surface area contributed by atoms with Crippen LogP contribution in [0.1, 0.15) is 39.5 Å². The largest absolute Gasteiger partial charge is 0.344 e. The molecule has 1 saturated heterocycles. The van der Waals surface area contributed by atoms with Gasteiger partial charge in [0.05, 0.1) is 0 Å². The topological polar surface area (TPSA) is 49.4 Å². The quantitative estimate of drug-likeness (QED) is 0.774. The van der Waals surface area contributed by atoms with Crippen LogP contribution in [0.15, 0.2) is 0 Å². The molecule has 0 aromatic rings. The van der Waals surface area contributed by atoms with Crippen LogP contribution in [0.4, 0.5) is 0 Å². The maximum atomic E-state index is 12.2. The summed E-state index contributed by atoms with van der Waals surface area (Å²) in [6, 6.07) is -0.00884. The molecule has 1 aliphatic carbocycles. The number of nitrogens with zero attached hydrogens (tertiary/aromatic N) is 1. The Bertz CT molecular complexity index is 299. The second kappa shape index (κ2) is 4.44. The Morgan fingerprint density at radius 2 is 2.12 bits per heavy atom. The smallest absolute Gasteiger partial charge is 0.245 e. The molecule has 16 heavy (non-hydrogen) atoms. The van der Waals surface area contributed by atoms with E-state index in [0.29, 0.717) is 31.3 Å². The number of hydrogen-bond acceptors (Lipinski definition) is 2. The molecule has 0 spiro atoms. The number of rotatable bonds is 3. The normalized spacial score (nSPS) is 28.6. The molecule has 1 N–H and O–H groups in total. The van der Waals surface area contributed by atoms with Gasteiger partial charge in [0, 0.05) is 19.0 Å². The Kier molecular flexibility index (Phi) is 3.17. The van der Waals surface area contributed by atoms with Crippen molar-refractivity contribution in [2.75, 3.05) is 6.54 Å². The van der Waals surface area contributed by atoms with Crippen LogP contribution in [0.5, 0.6) is 0 Å². The van der Waals surface area contributed by atoms with Crippen molar-refractivity contribution in [2.24, 2.45) is 5.92 Å². The summed E-state index contributed by atoms with van der Waals surface area (Å²) in [4.78, 5) is 25.6. The lowest BCUT2D eigenvalue weighted by Gasteiger charge is -2.29. The highest BCUT2D eigenvalue weighted by atomic mass is 16.2. The summed E-state index contributed by atoms with van der Waals surface area (Å²) >= 11 is 0. The van der Waals surface area contributed by atoms with Gasteiger partial charge < -0.3 is 10.2 Å². The van der Waals surface area contributed by atoms with Crippen molar-refractivity contribution in [3.63, 3.8) is 0 Å². The minimum absolute atomic E-state index is 0.00527. The third-order valence-electron chi connectivity index (χ3n) is 3.70. The number of hydrogen-bond donors (Lipinski definition) is 1. The Labute approximate surface area is 96.4 Å². The first-order valence-electron chi connectivity index (χ1n) is 6.23. The van der Waals surface area contributed by atoms with Crippen LogP contribution < -0.4 is 5.32 Å². The molecule has 2 fully saturated rings. The van der Waals surface area contributed by atoms with Crippen LogP contribution in [0.3, 0.4) is 0 Å². The average molecular weight is 224 g/mol. The van der Waals surface area contributed by atoms with Crippen molar-refractivity contribution < 1.29 is 9.59 Å². The summed E-state index contributed by atoms with van der Waals surface area (Å²) in [6.07, 6.45) is 3.57. The van der Waals surface area contributed by atoms with E-state index in [1.807, 2.05) is 11.8 Å². The van der Waals surface area contributed by atoms with Gasteiger partial charge in [-0.05, 0) is 32.1 Å². The zero-order chi connectivity index (χ0) is 11.7. The van der Waals surface area contributed by atoms with Crippen molar-refractivity contribution in [3.8, 4) is 0 Å². The predicted molar refractivity (Wildman–Crippen MR) is 60.7 cm³/mol. The Hall–Kier alpha value is -1.06. The first kappa shape index (κ1) is 11.4. The molecular formula is C12H20N2O2. The number of nitrogens with one attached hydrogen (secondary N) is 1. The summed E-state index contributed by atoms with van der Waals surface area (Å²) in [5.74, 6) is 0.771. The molecule has 1 aliphatic heterocycles. The molecule has 2 unspecified atom stereocenters.